The van der Waals surface area contributed by atoms with Crippen LogP contribution >= 0.6 is 0 Å². The molecule has 116 valence electrons. The molecule has 4 nitrogen and oxygen atoms in total. The largest absolute Gasteiger partial charge is 0.465 e. The van der Waals surface area contributed by atoms with E-state index in [0.29, 0.717) is 24.6 Å². The molecule has 1 heterocycles. The Bertz CT molecular complexity index is 343. The third-order valence-corrected chi connectivity index (χ3v) is 4.85. The maximum atomic E-state index is 12.4. The molecule has 0 radical (unpaired) electrons. The fraction of sp³-hybridized carbons (Fsp3) is 0.938. The van der Waals surface area contributed by atoms with Crippen molar-refractivity contribution in [1.82, 2.24) is 10.2 Å². The first-order valence-electron chi connectivity index (χ1n) is 8.15. The molecule has 1 N–H and O–H groups in total. The molecule has 1 aliphatic heterocycles. The van der Waals surface area contributed by atoms with Crippen molar-refractivity contribution < 1.29 is 9.53 Å². The van der Waals surface area contributed by atoms with E-state index in [1.165, 1.54) is 25.7 Å². The normalized spacial score (nSPS) is 30.8. The van der Waals surface area contributed by atoms with E-state index < -0.39 is 5.54 Å². The molecular formula is C16H30N2O2. The average Bonchev–Trinajstić information content (AvgIpc) is 3.19. The predicted molar refractivity (Wildman–Crippen MR) is 80.6 cm³/mol. The zero-order valence-corrected chi connectivity index (χ0v) is 13.4. The van der Waals surface area contributed by atoms with E-state index in [9.17, 15) is 4.79 Å². The monoisotopic (exact) mass is 282 g/mol. The highest BCUT2D eigenvalue weighted by Gasteiger charge is 2.42. The molecule has 3 atom stereocenters. The van der Waals surface area contributed by atoms with E-state index in [2.05, 4.69) is 24.1 Å². The first-order valence-corrected chi connectivity index (χ1v) is 8.15. The number of nitrogens with one attached hydrogen (secondary N) is 1. The van der Waals surface area contributed by atoms with Crippen molar-refractivity contribution in [2.45, 2.75) is 71.0 Å². The highest BCUT2D eigenvalue weighted by atomic mass is 16.5. The lowest BCUT2D eigenvalue weighted by atomic mass is 9.90. The maximum Gasteiger partial charge on any atom is 0.327 e. The lowest BCUT2D eigenvalue weighted by molar-refractivity contribution is -0.152. The third-order valence-electron chi connectivity index (χ3n) is 4.85. The summed E-state index contributed by atoms with van der Waals surface area (Å²) < 4.78 is 5.31. The summed E-state index contributed by atoms with van der Waals surface area (Å²) in [5.74, 6) is 0.605. The summed E-state index contributed by atoms with van der Waals surface area (Å²) in [6, 6.07) is 1.04. The van der Waals surface area contributed by atoms with Gasteiger partial charge < -0.3 is 4.74 Å². The van der Waals surface area contributed by atoms with Gasteiger partial charge >= 0.3 is 5.97 Å². The van der Waals surface area contributed by atoms with E-state index in [-0.39, 0.29) is 5.97 Å². The van der Waals surface area contributed by atoms with E-state index in [0.717, 1.165) is 13.1 Å². The van der Waals surface area contributed by atoms with Gasteiger partial charge in [-0.3, -0.25) is 15.0 Å². The number of carbonyl (C=O) groups is 1. The fourth-order valence-corrected chi connectivity index (χ4v) is 3.19. The molecule has 1 saturated carbocycles. The molecule has 0 aromatic heterocycles. The van der Waals surface area contributed by atoms with Gasteiger partial charge in [-0.05, 0) is 58.9 Å². The number of ether oxygens (including phenoxy) is 1. The van der Waals surface area contributed by atoms with Crippen LogP contribution in [0.25, 0.3) is 0 Å². The van der Waals surface area contributed by atoms with Crippen LogP contribution in [0.2, 0.25) is 0 Å². The van der Waals surface area contributed by atoms with Crippen LogP contribution in [0.15, 0.2) is 0 Å². The number of hydrogen-bond acceptors (Lipinski definition) is 4. The summed E-state index contributed by atoms with van der Waals surface area (Å²) >= 11 is 0. The maximum absolute atomic E-state index is 12.4. The lowest BCUT2D eigenvalue weighted by Gasteiger charge is -2.42. The first-order chi connectivity index (χ1) is 9.46. The van der Waals surface area contributed by atoms with Crippen LogP contribution in [-0.4, -0.2) is 48.2 Å². The molecule has 2 fully saturated rings. The van der Waals surface area contributed by atoms with Gasteiger partial charge in [0.2, 0.25) is 0 Å². The average molecular weight is 282 g/mol. The van der Waals surface area contributed by atoms with Crippen molar-refractivity contribution in [2.24, 2.45) is 5.92 Å². The van der Waals surface area contributed by atoms with E-state index in [4.69, 9.17) is 4.74 Å². The number of carbonyl (C=O) groups excluding carboxylic acids is 1. The highest BCUT2D eigenvalue weighted by Crippen LogP contribution is 2.27. The second-order valence-corrected chi connectivity index (χ2v) is 6.80. The fourth-order valence-electron chi connectivity index (χ4n) is 3.19. The molecule has 0 aromatic carbocycles. The Morgan fingerprint density at radius 1 is 1.35 bits per heavy atom. The van der Waals surface area contributed by atoms with Gasteiger partial charge in [-0.1, -0.05) is 6.92 Å². The number of piperidine rings is 1. The SMILES string of the molecule is CCOC(=O)C(C)(CN1CCCC(C)C1C)NC1CC1. The molecule has 2 rings (SSSR count). The number of rotatable bonds is 6. The Balaban J connectivity index is 2.03. The van der Waals surface area contributed by atoms with E-state index in [1.54, 1.807) is 0 Å². The first kappa shape index (κ1) is 15.8. The van der Waals surface area contributed by atoms with Gasteiger partial charge in [-0.25, -0.2) is 0 Å². The van der Waals surface area contributed by atoms with Crippen molar-refractivity contribution in [3.63, 3.8) is 0 Å². The summed E-state index contributed by atoms with van der Waals surface area (Å²) in [6.07, 6.45) is 4.89. The summed E-state index contributed by atoms with van der Waals surface area (Å²) in [5, 5.41) is 3.52. The van der Waals surface area contributed by atoms with Crippen molar-refractivity contribution in [3.05, 3.63) is 0 Å². The zero-order valence-electron chi connectivity index (χ0n) is 13.4. The molecule has 4 heteroatoms. The van der Waals surface area contributed by atoms with E-state index >= 15 is 0 Å². The van der Waals surface area contributed by atoms with Gasteiger partial charge in [0, 0.05) is 18.6 Å². The molecule has 0 spiro atoms. The van der Waals surface area contributed by atoms with Crippen LogP contribution in [0.5, 0.6) is 0 Å². The smallest absolute Gasteiger partial charge is 0.327 e. The quantitative estimate of drug-likeness (QED) is 0.758. The summed E-state index contributed by atoms with van der Waals surface area (Å²) in [4.78, 5) is 14.8. The summed E-state index contributed by atoms with van der Waals surface area (Å²) in [6.45, 7) is 10.8. The van der Waals surface area contributed by atoms with Crippen LogP contribution < -0.4 is 5.32 Å². The molecule has 0 amide bonds. The molecular weight excluding hydrogens is 252 g/mol. The van der Waals surface area contributed by atoms with Crippen molar-refractivity contribution in [3.8, 4) is 0 Å². The minimum absolute atomic E-state index is 0.0997. The second-order valence-electron chi connectivity index (χ2n) is 6.80. The van der Waals surface area contributed by atoms with Crippen molar-refractivity contribution in [1.29, 1.82) is 0 Å². The van der Waals surface area contributed by atoms with Crippen LogP contribution in [0.1, 0.15) is 53.4 Å². The Morgan fingerprint density at radius 3 is 2.65 bits per heavy atom. The predicted octanol–water partition coefficient (Wildman–Crippen LogP) is 2.18. The van der Waals surface area contributed by atoms with Gasteiger partial charge in [-0.15, -0.1) is 0 Å². The molecule has 1 saturated heterocycles. The molecule has 2 aliphatic rings. The van der Waals surface area contributed by atoms with Gasteiger partial charge in [0.15, 0.2) is 0 Å². The zero-order chi connectivity index (χ0) is 14.8. The van der Waals surface area contributed by atoms with Crippen LogP contribution in [-0.2, 0) is 9.53 Å². The minimum Gasteiger partial charge on any atom is -0.465 e. The molecule has 20 heavy (non-hydrogen) atoms. The second kappa shape index (κ2) is 6.44. The number of hydrogen-bond donors (Lipinski definition) is 1. The molecule has 1 aliphatic carbocycles. The summed E-state index contributed by atoms with van der Waals surface area (Å²) in [5.41, 5.74) is -0.567. The van der Waals surface area contributed by atoms with Gasteiger partial charge in [-0.2, -0.15) is 0 Å². The summed E-state index contributed by atoms with van der Waals surface area (Å²) in [7, 11) is 0. The highest BCUT2D eigenvalue weighted by molar-refractivity contribution is 5.80. The Kier molecular flexibility index (Phi) is 5.08. The molecule has 3 unspecified atom stereocenters. The van der Waals surface area contributed by atoms with Crippen LogP contribution in [0, 0.1) is 5.92 Å². The molecule has 0 bridgehead atoms. The number of esters is 1. The van der Waals surface area contributed by atoms with Crippen molar-refractivity contribution >= 4 is 5.97 Å². The van der Waals surface area contributed by atoms with Crippen LogP contribution in [0.4, 0.5) is 0 Å². The topological polar surface area (TPSA) is 41.6 Å². The lowest BCUT2D eigenvalue weighted by Crippen LogP contribution is -2.60. The minimum atomic E-state index is -0.567. The third kappa shape index (κ3) is 3.73. The number of nitrogens with zero attached hydrogens (tertiary/aromatic N) is 1. The Morgan fingerprint density at radius 2 is 2.05 bits per heavy atom. The Labute approximate surface area is 123 Å². The standard InChI is InChI=1S/C16H30N2O2/c1-5-20-15(19)16(4,17-14-8-9-14)11-18-10-6-7-12(2)13(18)3/h12-14,17H,5-11H2,1-4H3. The Hall–Kier alpha value is -0.610. The van der Waals surface area contributed by atoms with Crippen LogP contribution in [0.3, 0.4) is 0 Å². The van der Waals surface area contributed by atoms with Gasteiger partial charge in [0.1, 0.15) is 5.54 Å². The van der Waals surface area contributed by atoms with E-state index in [1.807, 2.05) is 13.8 Å². The van der Waals surface area contributed by atoms with Gasteiger partial charge in [0.05, 0.1) is 6.61 Å². The molecule has 0 aromatic rings. The van der Waals surface area contributed by atoms with Gasteiger partial charge in [0.25, 0.3) is 0 Å². The number of likely N-dealkylation sites (tertiary alicyclic amines) is 1. The van der Waals surface area contributed by atoms with Crippen molar-refractivity contribution in [2.75, 3.05) is 19.7 Å².